The largest absolute Gasteiger partial charge is 0.295 e. The Balaban J connectivity index is 1.97. The fourth-order valence-corrected chi connectivity index (χ4v) is 2.18. The van der Waals surface area contributed by atoms with E-state index < -0.39 is 0 Å². The molecule has 0 aliphatic heterocycles. The summed E-state index contributed by atoms with van der Waals surface area (Å²) in [5.74, 6) is -0.197. The molecule has 3 rings (SSSR count). The molecule has 0 radical (unpaired) electrons. The first-order valence-electron chi connectivity index (χ1n) is 6.01. The predicted molar refractivity (Wildman–Crippen MR) is 77.8 cm³/mol. The summed E-state index contributed by atoms with van der Waals surface area (Å²) in [5, 5.41) is 0.206. The predicted octanol–water partition coefficient (Wildman–Crippen LogP) is 3.28. The highest BCUT2D eigenvalue weighted by atomic mass is 35.5. The molecule has 20 heavy (non-hydrogen) atoms. The molecule has 0 amide bonds. The molecule has 0 aliphatic rings. The lowest BCUT2D eigenvalue weighted by atomic mass is 10.2. The Labute approximate surface area is 120 Å². The van der Waals surface area contributed by atoms with Crippen molar-refractivity contribution >= 4 is 29.1 Å². The Morgan fingerprint density at radius 1 is 1.25 bits per heavy atom. The van der Waals surface area contributed by atoms with Crippen LogP contribution in [-0.4, -0.2) is 20.2 Å². The first kappa shape index (κ1) is 12.6. The minimum Gasteiger partial charge on any atom is -0.295 e. The second kappa shape index (κ2) is 5.27. The summed E-state index contributed by atoms with van der Waals surface area (Å²) in [6.45, 7) is 0. The third-order valence-electron chi connectivity index (χ3n) is 2.83. The first-order chi connectivity index (χ1) is 9.75. The number of carbonyl (C=O) groups is 1. The summed E-state index contributed by atoms with van der Waals surface area (Å²) in [5.41, 5.74) is 1.86. The third-order valence-corrected chi connectivity index (χ3v) is 3.10. The van der Waals surface area contributed by atoms with Crippen LogP contribution in [0.15, 0.2) is 55.0 Å². The van der Waals surface area contributed by atoms with E-state index in [1.807, 2.05) is 24.3 Å². The third kappa shape index (κ3) is 2.33. The van der Waals surface area contributed by atoms with E-state index in [1.54, 1.807) is 35.1 Å². The van der Waals surface area contributed by atoms with Gasteiger partial charge in [0.15, 0.2) is 5.15 Å². The molecule has 5 heteroatoms. The maximum Gasteiger partial charge on any atom is 0.205 e. The number of fused-ring (bicyclic) bond motifs is 1. The monoisotopic (exact) mass is 283 g/mol. The molecule has 0 aliphatic carbocycles. The lowest BCUT2D eigenvalue weighted by molar-refractivity contribution is 0.104. The molecule has 0 saturated carbocycles. The van der Waals surface area contributed by atoms with E-state index in [9.17, 15) is 4.79 Å². The van der Waals surface area contributed by atoms with Gasteiger partial charge in [0, 0.05) is 18.6 Å². The smallest absolute Gasteiger partial charge is 0.205 e. The number of nitrogens with zero attached hydrogens (tertiary/aromatic N) is 3. The van der Waals surface area contributed by atoms with Crippen molar-refractivity contribution < 1.29 is 4.79 Å². The van der Waals surface area contributed by atoms with E-state index in [0.29, 0.717) is 11.3 Å². The highest BCUT2D eigenvalue weighted by Gasteiger charge is 2.15. The van der Waals surface area contributed by atoms with Gasteiger partial charge in [-0.15, -0.1) is 0 Å². The number of pyridine rings is 2. The Morgan fingerprint density at radius 3 is 2.95 bits per heavy atom. The number of allylic oxidation sites excluding steroid dienone is 1. The number of halogens is 1. The molecule has 98 valence electrons. The first-order valence-corrected chi connectivity index (χ1v) is 6.38. The minimum absolute atomic E-state index is 0.197. The number of carbonyl (C=O) groups excluding carboxylic acids is 1. The van der Waals surface area contributed by atoms with Gasteiger partial charge in [0.05, 0.1) is 0 Å². The number of rotatable bonds is 3. The number of hydrogen-bond donors (Lipinski definition) is 0. The maximum atomic E-state index is 12.3. The topological polar surface area (TPSA) is 47.3 Å². The zero-order valence-corrected chi connectivity index (χ0v) is 11.2. The van der Waals surface area contributed by atoms with Gasteiger partial charge in [-0.2, -0.15) is 0 Å². The Hall–Kier alpha value is -2.46. The van der Waals surface area contributed by atoms with E-state index in [1.165, 1.54) is 6.08 Å². The van der Waals surface area contributed by atoms with Gasteiger partial charge >= 0.3 is 0 Å². The van der Waals surface area contributed by atoms with E-state index in [0.717, 1.165) is 5.56 Å². The fraction of sp³-hybridized carbons (Fsp3) is 0. The van der Waals surface area contributed by atoms with E-state index in [4.69, 9.17) is 11.6 Å². The molecule has 3 aromatic heterocycles. The van der Waals surface area contributed by atoms with Crippen molar-refractivity contribution in [3.05, 3.63) is 71.4 Å². The Bertz CT molecular complexity index is 793. The number of ketones is 1. The summed E-state index contributed by atoms with van der Waals surface area (Å²) in [4.78, 5) is 20.4. The molecule has 0 fully saturated rings. The van der Waals surface area contributed by atoms with Crippen molar-refractivity contribution in [1.82, 2.24) is 14.4 Å². The summed E-state index contributed by atoms with van der Waals surface area (Å²) < 4.78 is 1.68. The SMILES string of the molecule is O=C(C=Cc1cccnc1)c1c(Cl)nc2ccccn12. The van der Waals surface area contributed by atoms with Crippen LogP contribution in [0, 0.1) is 0 Å². The highest BCUT2D eigenvalue weighted by Crippen LogP contribution is 2.18. The zero-order valence-electron chi connectivity index (χ0n) is 10.4. The van der Waals surface area contributed by atoms with Crippen LogP contribution in [0.1, 0.15) is 16.1 Å². The van der Waals surface area contributed by atoms with Crippen LogP contribution in [0.5, 0.6) is 0 Å². The van der Waals surface area contributed by atoms with E-state index >= 15 is 0 Å². The normalized spacial score (nSPS) is 11.2. The number of aromatic nitrogens is 3. The van der Waals surface area contributed by atoms with Crippen LogP contribution in [0.4, 0.5) is 0 Å². The van der Waals surface area contributed by atoms with Gasteiger partial charge < -0.3 is 0 Å². The van der Waals surface area contributed by atoms with Crippen LogP contribution in [-0.2, 0) is 0 Å². The quantitative estimate of drug-likeness (QED) is 0.547. The lowest BCUT2D eigenvalue weighted by Gasteiger charge is -1.97. The molecule has 0 atom stereocenters. The van der Waals surface area contributed by atoms with Gasteiger partial charge in [-0.05, 0) is 35.9 Å². The Morgan fingerprint density at radius 2 is 2.15 bits per heavy atom. The van der Waals surface area contributed by atoms with Crippen molar-refractivity contribution in [3.8, 4) is 0 Å². The number of imidazole rings is 1. The lowest BCUT2D eigenvalue weighted by Crippen LogP contribution is -2.00. The molecule has 3 aromatic rings. The second-order valence-corrected chi connectivity index (χ2v) is 4.52. The second-order valence-electron chi connectivity index (χ2n) is 4.16. The van der Waals surface area contributed by atoms with Crippen molar-refractivity contribution in [2.24, 2.45) is 0 Å². The van der Waals surface area contributed by atoms with Gasteiger partial charge in [-0.3, -0.25) is 14.2 Å². The van der Waals surface area contributed by atoms with Gasteiger partial charge in [0.25, 0.3) is 0 Å². The molecule has 0 unspecified atom stereocenters. The van der Waals surface area contributed by atoms with Crippen molar-refractivity contribution in [2.45, 2.75) is 0 Å². The summed E-state index contributed by atoms with van der Waals surface area (Å²) in [6.07, 6.45) is 8.30. The van der Waals surface area contributed by atoms with Crippen LogP contribution in [0.3, 0.4) is 0 Å². The van der Waals surface area contributed by atoms with Crippen molar-refractivity contribution in [1.29, 1.82) is 0 Å². The van der Waals surface area contributed by atoms with Crippen molar-refractivity contribution in [3.63, 3.8) is 0 Å². The standard InChI is InChI=1S/C15H10ClN3O/c16-15-14(19-9-2-1-5-13(19)18-15)12(20)7-6-11-4-3-8-17-10-11/h1-10H. The van der Waals surface area contributed by atoms with Crippen LogP contribution in [0.25, 0.3) is 11.7 Å². The Kier molecular flexibility index (Phi) is 3.31. The molecule has 0 aromatic carbocycles. The van der Waals surface area contributed by atoms with Gasteiger partial charge in [0.1, 0.15) is 11.3 Å². The summed E-state index contributed by atoms with van der Waals surface area (Å²) >= 11 is 6.05. The van der Waals surface area contributed by atoms with Crippen molar-refractivity contribution in [2.75, 3.05) is 0 Å². The molecule has 0 saturated heterocycles. The average Bonchev–Trinajstić information content (AvgIpc) is 2.82. The molecule has 3 heterocycles. The van der Waals surface area contributed by atoms with Crippen LogP contribution < -0.4 is 0 Å². The van der Waals surface area contributed by atoms with Gasteiger partial charge in [0.2, 0.25) is 5.78 Å². The summed E-state index contributed by atoms with van der Waals surface area (Å²) in [6, 6.07) is 9.15. The zero-order chi connectivity index (χ0) is 13.9. The molecule has 0 spiro atoms. The molecule has 0 N–H and O–H groups in total. The molecule has 0 bridgehead atoms. The summed E-state index contributed by atoms with van der Waals surface area (Å²) in [7, 11) is 0. The molecular formula is C15H10ClN3O. The molecular weight excluding hydrogens is 274 g/mol. The molecule has 4 nitrogen and oxygen atoms in total. The maximum absolute atomic E-state index is 12.3. The number of hydrogen-bond acceptors (Lipinski definition) is 3. The van der Waals surface area contributed by atoms with Crippen LogP contribution in [0.2, 0.25) is 5.15 Å². The van der Waals surface area contributed by atoms with Crippen LogP contribution >= 0.6 is 11.6 Å². The fourth-order valence-electron chi connectivity index (χ4n) is 1.91. The average molecular weight is 284 g/mol. The van der Waals surface area contributed by atoms with Gasteiger partial charge in [-0.1, -0.05) is 23.7 Å². The highest BCUT2D eigenvalue weighted by molar-refractivity contribution is 6.33. The van der Waals surface area contributed by atoms with E-state index in [2.05, 4.69) is 9.97 Å². The van der Waals surface area contributed by atoms with Gasteiger partial charge in [-0.25, -0.2) is 4.98 Å². The minimum atomic E-state index is -0.197. The van der Waals surface area contributed by atoms with E-state index in [-0.39, 0.29) is 10.9 Å².